The van der Waals surface area contributed by atoms with Crippen molar-refractivity contribution in [1.82, 2.24) is 0 Å². The second kappa shape index (κ2) is 9.31. The highest BCUT2D eigenvalue weighted by molar-refractivity contribution is 7.87. The molecule has 0 unspecified atom stereocenters. The number of ether oxygens (including phenoxy) is 5. The Bertz CT molecular complexity index is 936. The highest BCUT2D eigenvalue weighted by atomic mass is 32.2. The molecule has 0 aliphatic carbocycles. The minimum absolute atomic E-state index is 0.295. The molecule has 14 heteroatoms. The van der Waals surface area contributed by atoms with Crippen LogP contribution in [0.1, 0.15) is 18.8 Å². The second-order valence-corrected chi connectivity index (χ2v) is 8.39. The maximum atomic E-state index is 13.1. The Morgan fingerprint density at radius 2 is 1.75 bits per heavy atom. The number of hydrogen-bond donors (Lipinski definition) is 0. The molecule has 0 N–H and O–H groups in total. The van der Waals surface area contributed by atoms with Gasteiger partial charge in [0.15, 0.2) is 18.5 Å². The first kappa shape index (κ1) is 24.4. The predicted octanol–water partition coefficient (Wildman–Crippen LogP) is 1.21. The molecule has 1 aromatic rings. The molecule has 1 aromatic carbocycles. The van der Waals surface area contributed by atoms with Crippen LogP contribution < -0.4 is 0 Å². The summed E-state index contributed by atoms with van der Waals surface area (Å²) in [5, 5.41) is 0. The maximum Gasteiger partial charge on any atom is 0.523 e. The average Bonchev–Trinajstić information content (AvgIpc) is 2.73. The number of esters is 2. The quantitative estimate of drug-likeness (QED) is 0.342. The molecule has 2 aliphatic heterocycles. The van der Waals surface area contributed by atoms with Crippen molar-refractivity contribution in [2.24, 2.45) is 0 Å². The van der Waals surface area contributed by atoms with E-state index in [9.17, 15) is 31.2 Å². The summed E-state index contributed by atoms with van der Waals surface area (Å²) >= 11 is 0. The Hall–Kier alpha value is -2.26. The van der Waals surface area contributed by atoms with E-state index in [1.807, 2.05) is 0 Å². The summed E-state index contributed by atoms with van der Waals surface area (Å²) in [6.07, 6.45) is -9.68. The zero-order valence-electron chi connectivity index (χ0n) is 16.7. The summed E-state index contributed by atoms with van der Waals surface area (Å²) in [6.45, 7) is 0.615. The molecule has 2 heterocycles. The van der Waals surface area contributed by atoms with Crippen molar-refractivity contribution in [3.63, 3.8) is 0 Å². The number of fused-ring (bicyclic) bond motifs is 1. The number of benzene rings is 1. The van der Waals surface area contributed by atoms with Gasteiger partial charge in [-0.15, -0.1) is 0 Å². The van der Waals surface area contributed by atoms with Crippen LogP contribution in [0.3, 0.4) is 0 Å². The van der Waals surface area contributed by atoms with Crippen LogP contribution in [0.2, 0.25) is 0 Å². The number of halogens is 3. The average molecular weight is 484 g/mol. The van der Waals surface area contributed by atoms with Crippen LogP contribution in [-0.2, 0) is 47.6 Å². The van der Waals surface area contributed by atoms with Crippen molar-refractivity contribution in [2.75, 3.05) is 13.7 Å². The van der Waals surface area contributed by atoms with E-state index in [4.69, 9.17) is 18.9 Å². The molecule has 6 atom stereocenters. The fourth-order valence-electron chi connectivity index (χ4n) is 3.30. The largest absolute Gasteiger partial charge is 0.523 e. The molecule has 2 saturated heterocycles. The van der Waals surface area contributed by atoms with Crippen molar-refractivity contribution in [3.8, 4) is 0 Å². The monoisotopic (exact) mass is 484 g/mol. The van der Waals surface area contributed by atoms with Gasteiger partial charge in [0.2, 0.25) is 0 Å². The number of methoxy groups -OCH3 is 1. The zero-order valence-corrected chi connectivity index (χ0v) is 17.5. The van der Waals surface area contributed by atoms with Gasteiger partial charge < -0.3 is 23.7 Å². The number of carbonyl (C=O) groups excluding carboxylic acids is 2. The molecule has 0 spiro atoms. The van der Waals surface area contributed by atoms with Gasteiger partial charge in [-0.25, -0.2) is 4.79 Å². The first-order valence-electron chi connectivity index (χ1n) is 9.16. The zero-order chi connectivity index (χ0) is 23.7. The first-order valence-corrected chi connectivity index (χ1v) is 10.6. The summed E-state index contributed by atoms with van der Waals surface area (Å²) in [4.78, 5) is 23.8. The van der Waals surface area contributed by atoms with Gasteiger partial charge in [-0.2, -0.15) is 21.6 Å². The number of alkyl halides is 3. The van der Waals surface area contributed by atoms with Crippen molar-refractivity contribution in [3.05, 3.63) is 35.9 Å². The molecule has 32 heavy (non-hydrogen) atoms. The third-order valence-electron chi connectivity index (χ3n) is 4.65. The Morgan fingerprint density at radius 3 is 2.31 bits per heavy atom. The summed E-state index contributed by atoms with van der Waals surface area (Å²) in [7, 11) is -5.21. The molecule has 0 amide bonds. The highest BCUT2D eigenvalue weighted by Gasteiger charge is 2.59. The van der Waals surface area contributed by atoms with Crippen LogP contribution >= 0.6 is 0 Å². The fourth-order valence-corrected chi connectivity index (χ4v) is 3.92. The molecule has 0 saturated carbocycles. The third-order valence-corrected chi connectivity index (χ3v) is 5.70. The van der Waals surface area contributed by atoms with E-state index >= 15 is 0 Å². The first-order chi connectivity index (χ1) is 14.9. The van der Waals surface area contributed by atoms with Crippen LogP contribution in [0.15, 0.2) is 30.3 Å². The summed E-state index contributed by atoms with van der Waals surface area (Å²) in [5.74, 6) is -2.16. The van der Waals surface area contributed by atoms with E-state index < -0.39 is 64.4 Å². The fraction of sp³-hybridized carbons (Fsp3) is 0.556. The van der Waals surface area contributed by atoms with Crippen LogP contribution in [-0.4, -0.2) is 70.1 Å². The van der Waals surface area contributed by atoms with Crippen molar-refractivity contribution in [1.29, 1.82) is 0 Å². The normalized spacial score (nSPS) is 30.8. The van der Waals surface area contributed by atoms with E-state index in [1.54, 1.807) is 30.3 Å². The van der Waals surface area contributed by atoms with Crippen LogP contribution in [0.25, 0.3) is 0 Å². The molecule has 0 bridgehead atoms. The van der Waals surface area contributed by atoms with Crippen molar-refractivity contribution < 1.29 is 59.0 Å². The summed E-state index contributed by atoms with van der Waals surface area (Å²) in [6, 6.07) is 8.24. The molecule has 3 rings (SSSR count). The van der Waals surface area contributed by atoms with Gasteiger partial charge in [-0.3, -0.25) is 8.98 Å². The molecular weight excluding hydrogens is 465 g/mol. The van der Waals surface area contributed by atoms with Crippen LogP contribution in [0.4, 0.5) is 13.2 Å². The Morgan fingerprint density at radius 1 is 1.09 bits per heavy atom. The minimum Gasteiger partial charge on any atom is -0.467 e. The van der Waals surface area contributed by atoms with E-state index in [0.29, 0.717) is 5.56 Å². The van der Waals surface area contributed by atoms with Gasteiger partial charge in [0.05, 0.1) is 13.7 Å². The Labute approximate surface area is 180 Å². The van der Waals surface area contributed by atoms with Gasteiger partial charge in [0.25, 0.3) is 0 Å². The molecule has 2 aliphatic rings. The van der Waals surface area contributed by atoms with Gasteiger partial charge >= 0.3 is 27.6 Å². The lowest BCUT2D eigenvalue weighted by molar-refractivity contribution is -0.323. The summed E-state index contributed by atoms with van der Waals surface area (Å²) in [5.41, 5.74) is -5.31. The lowest BCUT2D eigenvalue weighted by Gasteiger charge is -2.47. The SMILES string of the molecule is COC(=O)[C@@H]1O[C@@H]2CO[C@H](c3ccccc3)O[C@@H]2[C@H](OS(=O)(=O)C(F)(F)F)[C@H]1OC(C)=O. The minimum atomic E-state index is -6.17. The van der Waals surface area contributed by atoms with Crippen LogP contribution in [0.5, 0.6) is 0 Å². The smallest absolute Gasteiger partial charge is 0.467 e. The van der Waals surface area contributed by atoms with Crippen molar-refractivity contribution in [2.45, 2.75) is 49.2 Å². The standard InChI is InChI=1S/C18H19F3O10S/c1-9(22)28-13-14(31-32(24,25)18(19,20)21)12-11(29-15(13)16(23)26-2)8-27-17(30-12)10-6-4-3-5-7-10/h3-7,11-15,17H,8H2,1-2H3/t11-,12+,13-,14+,15-,17+/m1/s1. The van der Waals surface area contributed by atoms with E-state index in [1.165, 1.54) is 0 Å². The molecule has 0 aromatic heterocycles. The summed E-state index contributed by atoms with van der Waals surface area (Å²) < 4.78 is 93.4. The second-order valence-electron chi connectivity index (χ2n) is 6.83. The van der Waals surface area contributed by atoms with E-state index in [0.717, 1.165) is 14.0 Å². The van der Waals surface area contributed by atoms with Crippen molar-refractivity contribution >= 4 is 22.1 Å². The molecule has 178 valence electrons. The topological polar surface area (TPSA) is 124 Å². The lowest BCUT2D eigenvalue weighted by atomic mass is 9.93. The molecule has 0 radical (unpaired) electrons. The highest BCUT2D eigenvalue weighted by Crippen LogP contribution is 2.39. The van der Waals surface area contributed by atoms with Gasteiger partial charge in [0.1, 0.15) is 18.3 Å². The third kappa shape index (κ3) is 5.04. The molecule has 2 fully saturated rings. The number of rotatable bonds is 5. The Kier molecular flexibility index (Phi) is 7.09. The van der Waals surface area contributed by atoms with Gasteiger partial charge in [0, 0.05) is 12.5 Å². The van der Waals surface area contributed by atoms with Gasteiger partial charge in [-0.05, 0) is 0 Å². The maximum absolute atomic E-state index is 13.1. The van der Waals surface area contributed by atoms with E-state index in [-0.39, 0.29) is 6.61 Å². The number of hydrogen-bond acceptors (Lipinski definition) is 10. The van der Waals surface area contributed by atoms with Gasteiger partial charge in [-0.1, -0.05) is 30.3 Å². The van der Waals surface area contributed by atoms with E-state index in [2.05, 4.69) is 8.92 Å². The Balaban J connectivity index is 2.01. The molecular formula is C18H19F3O10S. The predicted molar refractivity (Wildman–Crippen MR) is 96.1 cm³/mol. The molecule has 10 nitrogen and oxygen atoms in total. The number of carbonyl (C=O) groups is 2. The lowest BCUT2D eigenvalue weighted by Crippen LogP contribution is -2.65. The van der Waals surface area contributed by atoms with Crippen LogP contribution in [0, 0.1) is 0 Å².